The van der Waals surface area contributed by atoms with E-state index in [0.717, 1.165) is 51.3 Å². The Kier molecular flexibility index (Phi) is 7.01. The van der Waals surface area contributed by atoms with Gasteiger partial charge in [0.1, 0.15) is 23.4 Å². The van der Waals surface area contributed by atoms with Crippen molar-refractivity contribution in [1.29, 1.82) is 5.41 Å². The fourth-order valence-electron chi connectivity index (χ4n) is 4.95. The number of benzene rings is 1. The normalized spacial score (nSPS) is 25.2. The number of methoxy groups -OCH3 is 1. The van der Waals surface area contributed by atoms with Gasteiger partial charge in [0, 0.05) is 38.9 Å². The Morgan fingerprint density at radius 3 is 2.66 bits per heavy atom. The third-order valence-electron chi connectivity index (χ3n) is 7.05. The first-order chi connectivity index (χ1) is 15.5. The highest BCUT2D eigenvalue weighted by molar-refractivity contribution is 6.06. The molecule has 3 heterocycles. The maximum Gasteiger partial charge on any atom is 0.274 e. The fraction of sp³-hybridized carbons (Fsp3) is 0.583. The first-order valence-corrected chi connectivity index (χ1v) is 11.5. The van der Waals surface area contributed by atoms with E-state index < -0.39 is 0 Å². The SMILES string of the molecule is COc1ccc(C2CCN(C(C)C(=N)NC(=O)C3=CN(C)C(C4CCOCC4)N3)C2)cc1. The number of nitrogens with one attached hydrogen (secondary N) is 3. The molecular weight excluding hydrogens is 406 g/mol. The van der Waals surface area contributed by atoms with Crippen LogP contribution >= 0.6 is 0 Å². The lowest BCUT2D eigenvalue weighted by molar-refractivity contribution is -0.116. The van der Waals surface area contributed by atoms with Crippen molar-refractivity contribution in [1.82, 2.24) is 20.4 Å². The standard InChI is InChI=1S/C24H35N5O3/c1-16(29-11-8-19(14-29)17-4-6-20(31-3)7-5-17)22(25)27-24(30)21-15-28(2)23(26-21)18-9-12-32-13-10-18/h4-7,15-16,18-19,23,26H,8-14H2,1-3H3,(H2,25,27,30). The van der Waals surface area contributed by atoms with Crippen LogP contribution < -0.4 is 15.4 Å². The van der Waals surface area contributed by atoms with Crippen LogP contribution in [-0.2, 0) is 9.53 Å². The van der Waals surface area contributed by atoms with Crippen molar-refractivity contribution >= 4 is 11.7 Å². The number of rotatable bonds is 6. The number of hydrogen-bond donors (Lipinski definition) is 3. The second-order valence-corrected chi connectivity index (χ2v) is 9.04. The Morgan fingerprint density at radius 1 is 1.25 bits per heavy atom. The van der Waals surface area contributed by atoms with E-state index in [4.69, 9.17) is 14.9 Å². The highest BCUT2D eigenvalue weighted by atomic mass is 16.5. The Bertz CT molecular complexity index is 850. The van der Waals surface area contributed by atoms with Crippen LogP contribution in [0.4, 0.5) is 0 Å². The maximum absolute atomic E-state index is 12.8. The lowest BCUT2D eigenvalue weighted by Gasteiger charge is -2.32. The molecule has 0 radical (unpaired) electrons. The summed E-state index contributed by atoms with van der Waals surface area (Å²) in [4.78, 5) is 17.2. The third kappa shape index (κ3) is 4.91. The number of ether oxygens (including phenoxy) is 2. The van der Waals surface area contributed by atoms with Crippen molar-refractivity contribution in [3.05, 3.63) is 41.7 Å². The van der Waals surface area contributed by atoms with Gasteiger partial charge in [0.05, 0.1) is 13.2 Å². The molecule has 4 rings (SSSR count). The summed E-state index contributed by atoms with van der Waals surface area (Å²) >= 11 is 0. The minimum atomic E-state index is -0.242. The molecule has 1 aromatic rings. The zero-order valence-electron chi connectivity index (χ0n) is 19.3. The molecule has 8 nitrogen and oxygen atoms in total. The van der Waals surface area contributed by atoms with Gasteiger partial charge in [-0.15, -0.1) is 0 Å². The molecule has 1 aromatic carbocycles. The number of nitrogens with zero attached hydrogens (tertiary/aromatic N) is 2. The van der Waals surface area contributed by atoms with Crippen molar-refractivity contribution in [2.24, 2.45) is 5.92 Å². The lowest BCUT2D eigenvalue weighted by Crippen LogP contribution is -2.48. The molecule has 0 aliphatic carbocycles. The summed E-state index contributed by atoms with van der Waals surface area (Å²) in [6.45, 7) is 5.32. The average Bonchev–Trinajstić information content (AvgIpc) is 3.46. The number of carbonyl (C=O) groups excluding carboxylic acids is 1. The van der Waals surface area contributed by atoms with Crippen molar-refractivity contribution in [2.45, 2.75) is 44.3 Å². The molecule has 174 valence electrons. The zero-order valence-corrected chi connectivity index (χ0v) is 19.3. The fourth-order valence-corrected chi connectivity index (χ4v) is 4.95. The number of likely N-dealkylation sites (tertiary alicyclic amines) is 1. The van der Waals surface area contributed by atoms with Gasteiger partial charge in [-0.05, 0) is 56.3 Å². The predicted molar refractivity (Wildman–Crippen MR) is 124 cm³/mol. The van der Waals surface area contributed by atoms with E-state index in [-0.39, 0.29) is 24.0 Å². The average molecular weight is 442 g/mol. The Morgan fingerprint density at radius 2 is 1.97 bits per heavy atom. The molecule has 2 fully saturated rings. The molecule has 1 amide bonds. The predicted octanol–water partition coefficient (Wildman–Crippen LogP) is 2.10. The van der Waals surface area contributed by atoms with Crippen LogP contribution in [0, 0.1) is 11.3 Å². The summed E-state index contributed by atoms with van der Waals surface area (Å²) in [6.07, 6.45) is 4.98. The van der Waals surface area contributed by atoms with Crippen LogP contribution in [0.15, 0.2) is 36.2 Å². The Labute approximate surface area is 190 Å². The Balaban J connectivity index is 1.28. The molecule has 32 heavy (non-hydrogen) atoms. The van der Waals surface area contributed by atoms with Crippen LogP contribution in [-0.4, -0.2) is 74.2 Å². The number of carbonyl (C=O) groups is 1. The van der Waals surface area contributed by atoms with Crippen molar-refractivity contribution < 1.29 is 14.3 Å². The summed E-state index contributed by atoms with van der Waals surface area (Å²) in [6, 6.07) is 8.09. The summed E-state index contributed by atoms with van der Waals surface area (Å²) in [7, 11) is 3.67. The third-order valence-corrected chi connectivity index (χ3v) is 7.05. The Hall–Kier alpha value is -2.58. The second-order valence-electron chi connectivity index (χ2n) is 9.04. The molecule has 8 heteroatoms. The topological polar surface area (TPSA) is 89.9 Å². The highest BCUT2D eigenvalue weighted by Gasteiger charge is 2.34. The molecule has 3 atom stereocenters. The molecule has 3 aliphatic rings. The number of amides is 1. The maximum atomic E-state index is 12.8. The molecule has 0 spiro atoms. The van der Waals surface area contributed by atoms with Gasteiger partial charge < -0.3 is 25.0 Å². The van der Waals surface area contributed by atoms with E-state index in [1.165, 1.54) is 5.56 Å². The van der Waals surface area contributed by atoms with Crippen molar-refractivity contribution in [2.75, 3.05) is 40.5 Å². The van der Waals surface area contributed by atoms with Gasteiger partial charge in [-0.3, -0.25) is 15.1 Å². The monoisotopic (exact) mass is 441 g/mol. The van der Waals surface area contributed by atoms with Gasteiger partial charge in [-0.1, -0.05) is 12.1 Å². The van der Waals surface area contributed by atoms with Crippen LogP contribution in [0.25, 0.3) is 0 Å². The van der Waals surface area contributed by atoms with E-state index in [2.05, 4.69) is 32.6 Å². The minimum Gasteiger partial charge on any atom is -0.497 e. The number of hydrogen-bond acceptors (Lipinski definition) is 7. The molecular formula is C24H35N5O3. The van der Waals surface area contributed by atoms with Gasteiger partial charge in [0.2, 0.25) is 0 Å². The quantitative estimate of drug-likeness (QED) is 0.463. The van der Waals surface area contributed by atoms with Gasteiger partial charge in [0.15, 0.2) is 0 Å². The first-order valence-electron chi connectivity index (χ1n) is 11.5. The molecule has 3 aliphatic heterocycles. The summed E-state index contributed by atoms with van der Waals surface area (Å²) in [5.74, 6) is 1.74. The minimum absolute atomic E-state index is 0.107. The van der Waals surface area contributed by atoms with Gasteiger partial charge in [-0.2, -0.15) is 0 Å². The zero-order chi connectivity index (χ0) is 22.7. The first kappa shape index (κ1) is 22.6. The van der Waals surface area contributed by atoms with E-state index in [0.29, 0.717) is 17.5 Å². The largest absolute Gasteiger partial charge is 0.497 e. The van der Waals surface area contributed by atoms with E-state index in [1.807, 2.05) is 32.3 Å². The second kappa shape index (κ2) is 9.92. The summed E-state index contributed by atoms with van der Waals surface area (Å²) in [5, 5.41) is 14.7. The van der Waals surface area contributed by atoms with E-state index in [9.17, 15) is 4.79 Å². The molecule has 3 N–H and O–H groups in total. The van der Waals surface area contributed by atoms with Gasteiger partial charge >= 0.3 is 0 Å². The molecule has 0 aromatic heterocycles. The molecule has 3 unspecified atom stereocenters. The summed E-state index contributed by atoms with van der Waals surface area (Å²) in [5.41, 5.74) is 1.82. The number of amidine groups is 1. The van der Waals surface area contributed by atoms with Crippen molar-refractivity contribution in [3.8, 4) is 5.75 Å². The van der Waals surface area contributed by atoms with Crippen LogP contribution in [0.3, 0.4) is 0 Å². The smallest absolute Gasteiger partial charge is 0.274 e. The van der Waals surface area contributed by atoms with Crippen LogP contribution in [0.5, 0.6) is 5.75 Å². The lowest BCUT2D eigenvalue weighted by atomic mass is 9.96. The van der Waals surface area contributed by atoms with Crippen molar-refractivity contribution in [3.63, 3.8) is 0 Å². The molecule has 0 saturated carbocycles. The van der Waals surface area contributed by atoms with Crippen LogP contribution in [0.1, 0.15) is 37.7 Å². The van der Waals surface area contributed by atoms with Crippen LogP contribution in [0.2, 0.25) is 0 Å². The van der Waals surface area contributed by atoms with E-state index in [1.54, 1.807) is 7.11 Å². The summed E-state index contributed by atoms with van der Waals surface area (Å²) < 4.78 is 10.7. The molecule has 0 bridgehead atoms. The van der Waals surface area contributed by atoms with E-state index >= 15 is 0 Å². The van der Waals surface area contributed by atoms with Gasteiger partial charge in [-0.25, -0.2) is 0 Å². The molecule has 2 saturated heterocycles. The van der Waals surface area contributed by atoms with Gasteiger partial charge in [0.25, 0.3) is 5.91 Å². The highest BCUT2D eigenvalue weighted by Crippen LogP contribution is 2.30.